The van der Waals surface area contributed by atoms with Gasteiger partial charge in [0, 0.05) is 43.8 Å². The molecule has 0 aliphatic heterocycles. The number of rotatable bonds is 6. The van der Waals surface area contributed by atoms with Gasteiger partial charge >= 0.3 is 0 Å². The fourth-order valence-electron chi connectivity index (χ4n) is 9.02. The van der Waals surface area contributed by atoms with Gasteiger partial charge in [-0.3, -0.25) is 0 Å². The minimum atomic E-state index is 0.611. The number of nitrogens with zero attached hydrogens (tertiary/aromatic N) is 5. The molecule has 60 heavy (non-hydrogen) atoms. The minimum absolute atomic E-state index is 0.611. The van der Waals surface area contributed by atoms with Crippen molar-refractivity contribution in [2.75, 3.05) is 0 Å². The predicted molar refractivity (Wildman–Crippen MR) is 248 cm³/mol. The molecule has 5 heteroatoms. The van der Waals surface area contributed by atoms with Crippen molar-refractivity contribution in [2.45, 2.75) is 0 Å². The Kier molecular flexibility index (Phi) is 7.78. The third-order valence-corrected chi connectivity index (χ3v) is 11.8. The van der Waals surface area contributed by atoms with Gasteiger partial charge in [0.2, 0.25) is 0 Å². The quantitative estimate of drug-likeness (QED) is 0.169. The zero-order valence-electron chi connectivity index (χ0n) is 32.4. The molecule has 0 saturated carbocycles. The van der Waals surface area contributed by atoms with Crippen molar-refractivity contribution in [3.63, 3.8) is 0 Å². The van der Waals surface area contributed by atoms with Crippen LogP contribution >= 0.6 is 0 Å². The summed E-state index contributed by atoms with van der Waals surface area (Å²) in [5, 5.41) is 7.16. The summed E-state index contributed by atoms with van der Waals surface area (Å²) in [6.45, 7) is 0. The van der Waals surface area contributed by atoms with E-state index in [4.69, 9.17) is 15.0 Å². The second-order valence-electron chi connectivity index (χ2n) is 15.2. The van der Waals surface area contributed by atoms with Gasteiger partial charge in [-0.2, -0.15) is 0 Å². The van der Waals surface area contributed by atoms with Crippen molar-refractivity contribution in [1.82, 2.24) is 24.1 Å². The van der Waals surface area contributed by atoms with Crippen LogP contribution in [0.4, 0.5) is 0 Å². The Bertz CT molecular complexity index is 3550. The second-order valence-corrected chi connectivity index (χ2v) is 15.2. The average molecular weight is 766 g/mol. The van der Waals surface area contributed by atoms with Gasteiger partial charge in [0.05, 0.1) is 33.4 Å². The van der Waals surface area contributed by atoms with E-state index in [1.807, 2.05) is 18.2 Å². The van der Waals surface area contributed by atoms with Crippen molar-refractivity contribution in [3.8, 4) is 56.7 Å². The highest BCUT2D eigenvalue weighted by Crippen LogP contribution is 2.42. The van der Waals surface area contributed by atoms with Gasteiger partial charge in [-0.15, -0.1) is 0 Å². The van der Waals surface area contributed by atoms with Gasteiger partial charge in [-0.05, 0) is 58.8 Å². The van der Waals surface area contributed by atoms with Crippen molar-refractivity contribution in [1.29, 1.82) is 0 Å². The Balaban J connectivity index is 1.13. The summed E-state index contributed by atoms with van der Waals surface area (Å²) in [5.74, 6) is 1.87. The molecule has 0 unspecified atom stereocenters. The van der Waals surface area contributed by atoms with Crippen LogP contribution in [0.15, 0.2) is 212 Å². The van der Waals surface area contributed by atoms with Crippen molar-refractivity contribution in [2.24, 2.45) is 0 Å². The Hall–Kier alpha value is -8.15. The van der Waals surface area contributed by atoms with E-state index in [2.05, 4.69) is 203 Å². The van der Waals surface area contributed by atoms with Crippen molar-refractivity contribution < 1.29 is 0 Å². The first-order valence-corrected chi connectivity index (χ1v) is 20.3. The van der Waals surface area contributed by atoms with Crippen LogP contribution in [0, 0.1) is 0 Å². The Morgan fingerprint density at radius 2 is 0.767 bits per heavy atom. The maximum atomic E-state index is 5.23. The fraction of sp³-hybridized carbons (Fsp3) is 0. The number of aromatic nitrogens is 5. The normalized spacial score (nSPS) is 11.7. The molecule has 0 spiro atoms. The van der Waals surface area contributed by atoms with Gasteiger partial charge < -0.3 is 9.13 Å². The standard InChI is InChI=1S/C55H35N5/c1-3-17-37(18-4-1)42-33-32-41(55-57-53(38-19-5-2-6-20-38)56-54(58-55)40-31-30-36-16-7-8-21-39(36)34-40)35-51(42)60-48-27-14-11-24-45(48)52-49(28-15-29-50(52)60)59-46-25-12-9-22-43(46)44-23-10-13-26-47(44)59/h1-35H. The molecule has 0 N–H and O–H groups in total. The Labute approximate surface area is 346 Å². The molecule has 280 valence electrons. The topological polar surface area (TPSA) is 48.5 Å². The number of hydrogen-bond acceptors (Lipinski definition) is 3. The van der Waals surface area contributed by atoms with E-state index in [9.17, 15) is 0 Å². The predicted octanol–water partition coefficient (Wildman–Crippen LogP) is 13.9. The molecule has 9 aromatic carbocycles. The van der Waals surface area contributed by atoms with E-state index in [1.54, 1.807) is 0 Å². The lowest BCUT2D eigenvalue weighted by Crippen LogP contribution is -2.02. The first-order chi connectivity index (χ1) is 29.8. The highest BCUT2D eigenvalue weighted by atomic mass is 15.0. The molecular formula is C55H35N5. The summed E-state index contributed by atoms with van der Waals surface area (Å²) >= 11 is 0. The van der Waals surface area contributed by atoms with E-state index < -0.39 is 0 Å². The first-order valence-electron chi connectivity index (χ1n) is 20.3. The number of benzene rings is 9. The van der Waals surface area contributed by atoms with Gasteiger partial charge in [0.25, 0.3) is 0 Å². The summed E-state index contributed by atoms with van der Waals surface area (Å²) in [4.78, 5) is 15.5. The smallest absolute Gasteiger partial charge is 0.164 e. The molecular weight excluding hydrogens is 731 g/mol. The molecule has 12 aromatic rings. The molecule has 0 bridgehead atoms. The maximum Gasteiger partial charge on any atom is 0.164 e. The monoisotopic (exact) mass is 765 g/mol. The highest BCUT2D eigenvalue weighted by molar-refractivity contribution is 6.16. The molecule has 0 fully saturated rings. The molecule has 0 atom stereocenters. The molecule has 0 amide bonds. The van der Waals surface area contributed by atoms with Crippen molar-refractivity contribution in [3.05, 3.63) is 212 Å². The van der Waals surface area contributed by atoms with Gasteiger partial charge in [-0.25, -0.2) is 15.0 Å². The van der Waals surface area contributed by atoms with Crippen LogP contribution in [0.25, 0.3) is 111 Å². The first kappa shape index (κ1) is 33.9. The summed E-state index contributed by atoms with van der Waals surface area (Å²) in [6.07, 6.45) is 0. The van der Waals surface area contributed by atoms with E-state index in [-0.39, 0.29) is 0 Å². The molecule has 3 aromatic heterocycles. The molecule has 5 nitrogen and oxygen atoms in total. The summed E-state index contributed by atoms with van der Waals surface area (Å²) in [7, 11) is 0. The van der Waals surface area contributed by atoms with E-state index in [0.717, 1.165) is 55.6 Å². The van der Waals surface area contributed by atoms with Crippen LogP contribution in [-0.2, 0) is 0 Å². The fourth-order valence-corrected chi connectivity index (χ4v) is 9.02. The van der Waals surface area contributed by atoms with Crippen LogP contribution in [0.1, 0.15) is 0 Å². The number of hydrogen-bond donors (Lipinski definition) is 0. The second kappa shape index (κ2) is 13.8. The summed E-state index contributed by atoms with van der Waals surface area (Å²) in [6, 6.07) is 75.2. The highest BCUT2D eigenvalue weighted by Gasteiger charge is 2.22. The van der Waals surface area contributed by atoms with Crippen LogP contribution in [-0.4, -0.2) is 24.1 Å². The maximum absolute atomic E-state index is 5.23. The molecule has 3 heterocycles. The molecule has 12 rings (SSSR count). The lowest BCUT2D eigenvalue weighted by molar-refractivity contribution is 1.07. The Morgan fingerprint density at radius 1 is 0.283 bits per heavy atom. The van der Waals surface area contributed by atoms with E-state index >= 15 is 0 Å². The minimum Gasteiger partial charge on any atom is -0.309 e. The Morgan fingerprint density at radius 3 is 1.45 bits per heavy atom. The zero-order chi connectivity index (χ0) is 39.6. The lowest BCUT2D eigenvalue weighted by Gasteiger charge is -2.17. The molecule has 0 radical (unpaired) electrons. The van der Waals surface area contributed by atoms with Crippen LogP contribution in [0.3, 0.4) is 0 Å². The third kappa shape index (κ3) is 5.44. The van der Waals surface area contributed by atoms with Gasteiger partial charge in [0.15, 0.2) is 17.5 Å². The largest absolute Gasteiger partial charge is 0.309 e. The molecule has 0 saturated heterocycles. The van der Waals surface area contributed by atoms with Crippen LogP contribution in [0.2, 0.25) is 0 Å². The SMILES string of the molecule is c1ccc(-c2nc(-c3ccc(-c4ccccc4)c(-n4c5ccccc5c5c(-n6c7ccccc7c7ccccc76)cccc54)c3)nc(-c3ccc4ccccc4c3)n2)cc1. The zero-order valence-corrected chi connectivity index (χ0v) is 32.4. The number of fused-ring (bicyclic) bond motifs is 7. The third-order valence-electron chi connectivity index (χ3n) is 11.8. The van der Waals surface area contributed by atoms with Gasteiger partial charge in [-0.1, -0.05) is 170 Å². The lowest BCUT2D eigenvalue weighted by atomic mass is 10.0. The summed E-state index contributed by atoms with van der Waals surface area (Å²) in [5.41, 5.74) is 11.8. The number of para-hydroxylation sites is 3. The van der Waals surface area contributed by atoms with Gasteiger partial charge in [0.1, 0.15) is 0 Å². The average Bonchev–Trinajstić information content (AvgIpc) is 3.85. The molecule has 0 aliphatic carbocycles. The van der Waals surface area contributed by atoms with E-state index in [1.165, 1.54) is 38.0 Å². The van der Waals surface area contributed by atoms with Crippen LogP contribution < -0.4 is 0 Å². The molecule has 0 aliphatic rings. The van der Waals surface area contributed by atoms with E-state index in [0.29, 0.717) is 17.5 Å². The van der Waals surface area contributed by atoms with Crippen molar-refractivity contribution >= 4 is 54.4 Å². The summed E-state index contributed by atoms with van der Waals surface area (Å²) < 4.78 is 4.86. The van der Waals surface area contributed by atoms with Crippen LogP contribution in [0.5, 0.6) is 0 Å².